The van der Waals surface area contributed by atoms with E-state index in [0.717, 1.165) is 16.9 Å². The van der Waals surface area contributed by atoms with Crippen molar-refractivity contribution in [1.29, 1.82) is 0 Å². The lowest BCUT2D eigenvalue weighted by Crippen LogP contribution is -2.26. The minimum Gasteiger partial charge on any atom is -0.483 e. The van der Waals surface area contributed by atoms with Crippen LogP contribution < -0.4 is 10.2 Å². The molecule has 1 aromatic heterocycles. The molecule has 4 rings (SSSR count). The molecule has 0 bridgehead atoms. The van der Waals surface area contributed by atoms with E-state index in [9.17, 15) is 4.79 Å². The zero-order valence-corrected chi connectivity index (χ0v) is 12.8. The van der Waals surface area contributed by atoms with Gasteiger partial charge in [0, 0.05) is 23.6 Å². The molecule has 0 saturated carbocycles. The molecule has 0 saturated heterocycles. The van der Waals surface area contributed by atoms with Gasteiger partial charge in [-0.25, -0.2) is 0 Å². The molecular formula is C20H16O3. The maximum atomic E-state index is 12.5. The molecular weight excluding hydrogens is 288 g/mol. The van der Waals surface area contributed by atoms with Crippen molar-refractivity contribution in [1.82, 2.24) is 0 Å². The molecule has 0 unspecified atom stereocenters. The van der Waals surface area contributed by atoms with Crippen molar-refractivity contribution in [3.63, 3.8) is 0 Å². The first kappa shape index (κ1) is 13.8. The summed E-state index contributed by atoms with van der Waals surface area (Å²) in [6.07, 6.45) is 2.43. The van der Waals surface area contributed by atoms with Gasteiger partial charge >= 0.3 is 0 Å². The fraction of sp³-hybridized carbons (Fsp3) is 0.150. The summed E-state index contributed by atoms with van der Waals surface area (Å²) in [6.45, 7) is 5.82. The topological polar surface area (TPSA) is 39.4 Å². The standard InChI is InChI=1S/C20H16O3/c1-3-20(2)12-15-17(23-20)10-9-14-16(21)11-18(22-19(14)15)13-7-5-4-6-8-13/h3-11H,1,12H2,2H3/t20-/m1/s1. The van der Waals surface area contributed by atoms with Crippen molar-refractivity contribution in [3.05, 3.63) is 77.0 Å². The first-order valence-electron chi connectivity index (χ1n) is 7.57. The molecule has 23 heavy (non-hydrogen) atoms. The van der Waals surface area contributed by atoms with Gasteiger partial charge < -0.3 is 9.15 Å². The third-order valence-corrected chi connectivity index (χ3v) is 4.32. The van der Waals surface area contributed by atoms with E-state index in [1.54, 1.807) is 18.2 Å². The second kappa shape index (κ2) is 4.85. The van der Waals surface area contributed by atoms with Crippen LogP contribution in [0, 0.1) is 0 Å². The van der Waals surface area contributed by atoms with Crippen LogP contribution in [-0.4, -0.2) is 5.60 Å². The van der Waals surface area contributed by atoms with E-state index < -0.39 is 5.60 Å². The predicted octanol–water partition coefficient (Wildman–Crippen LogP) is 4.34. The van der Waals surface area contributed by atoms with Crippen LogP contribution in [-0.2, 0) is 6.42 Å². The second-order valence-corrected chi connectivity index (χ2v) is 6.06. The van der Waals surface area contributed by atoms with E-state index in [0.29, 0.717) is 23.2 Å². The molecule has 0 radical (unpaired) electrons. The lowest BCUT2D eigenvalue weighted by atomic mass is 9.98. The molecule has 0 amide bonds. The molecule has 1 atom stereocenters. The van der Waals surface area contributed by atoms with Gasteiger partial charge in [0.05, 0.1) is 5.39 Å². The second-order valence-electron chi connectivity index (χ2n) is 6.06. The Hall–Kier alpha value is -2.81. The van der Waals surface area contributed by atoms with Gasteiger partial charge in [0.2, 0.25) is 0 Å². The van der Waals surface area contributed by atoms with Gasteiger partial charge in [0.15, 0.2) is 5.43 Å². The lowest BCUT2D eigenvalue weighted by Gasteiger charge is -2.18. The number of hydrogen-bond acceptors (Lipinski definition) is 3. The SMILES string of the molecule is C=C[C@]1(C)Cc2c(ccc3c(=O)cc(-c4ccccc4)oc23)O1. The monoisotopic (exact) mass is 304 g/mol. The van der Waals surface area contributed by atoms with Crippen LogP contribution in [0.1, 0.15) is 12.5 Å². The average molecular weight is 304 g/mol. The van der Waals surface area contributed by atoms with E-state index in [2.05, 4.69) is 6.58 Å². The first-order valence-corrected chi connectivity index (χ1v) is 7.57. The Kier molecular flexibility index (Phi) is 2.91. The van der Waals surface area contributed by atoms with Gasteiger partial charge in [-0.15, -0.1) is 0 Å². The summed E-state index contributed by atoms with van der Waals surface area (Å²) in [4.78, 5) is 12.5. The van der Waals surface area contributed by atoms with Crippen molar-refractivity contribution in [2.75, 3.05) is 0 Å². The summed E-state index contributed by atoms with van der Waals surface area (Å²) in [5, 5.41) is 0.584. The van der Waals surface area contributed by atoms with E-state index in [-0.39, 0.29) is 5.43 Å². The molecule has 114 valence electrons. The molecule has 2 heterocycles. The van der Waals surface area contributed by atoms with Crippen LogP contribution in [0.2, 0.25) is 0 Å². The van der Waals surface area contributed by atoms with Crippen molar-refractivity contribution >= 4 is 11.0 Å². The largest absolute Gasteiger partial charge is 0.483 e. The Morgan fingerprint density at radius 1 is 1.17 bits per heavy atom. The van der Waals surface area contributed by atoms with Gasteiger partial charge in [0.1, 0.15) is 22.7 Å². The molecule has 3 aromatic rings. The minimum absolute atomic E-state index is 0.0416. The van der Waals surface area contributed by atoms with Gasteiger partial charge in [-0.1, -0.05) is 36.9 Å². The molecule has 3 nitrogen and oxygen atoms in total. The quantitative estimate of drug-likeness (QED) is 0.661. The summed E-state index contributed by atoms with van der Waals surface area (Å²) < 4.78 is 12.1. The Morgan fingerprint density at radius 3 is 2.70 bits per heavy atom. The summed E-state index contributed by atoms with van der Waals surface area (Å²) in [7, 11) is 0. The average Bonchev–Trinajstić information content (AvgIpc) is 2.93. The molecule has 0 N–H and O–H groups in total. The minimum atomic E-state index is -0.460. The van der Waals surface area contributed by atoms with Crippen LogP contribution >= 0.6 is 0 Å². The zero-order chi connectivity index (χ0) is 16.0. The summed E-state index contributed by atoms with van der Waals surface area (Å²) in [6, 6.07) is 14.8. The predicted molar refractivity (Wildman–Crippen MR) is 90.9 cm³/mol. The normalized spacial score (nSPS) is 19.3. The Morgan fingerprint density at radius 2 is 1.96 bits per heavy atom. The highest BCUT2D eigenvalue weighted by Crippen LogP contribution is 2.40. The molecule has 0 fully saturated rings. The van der Waals surface area contributed by atoms with Gasteiger partial charge in [0.25, 0.3) is 0 Å². The summed E-state index contributed by atoms with van der Waals surface area (Å²) >= 11 is 0. The van der Waals surface area contributed by atoms with Crippen LogP contribution in [0.4, 0.5) is 0 Å². The molecule has 3 heteroatoms. The van der Waals surface area contributed by atoms with Gasteiger partial charge in [-0.3, -0.25) is 4.79 Å². The maximum absolute atomic E-state index is 12.5. The van der Waals surface area contributed by atoms with Crippen LogP contribution in [0.15, 0.2) is 70.4 Å². The zero-order valence-electron chi connectivity index (χ0n) is 12.8. The van der Waals surface area contributed by atoms with E-state index in [1.807, 2.05) is 43.3 Å². The number of ether oxygens (including phenoxy) is 1. The number of hydrogen-bond donors (Lipinski definition) is 0. The molecule has 1 aliphatic heterocycles. The Bertz CT molecular complexity index is 969. The molecule has 2 aromatic carbocycles. The van der Waals surface area contributed by atoms with Crippen LogP contribution in [0.5, 0.6) is 5.75 Å². The number of benzene rings is 2. The Labute approximate surface area is 133 Å². The first-order chi connectivity index (χ1) is 11.1. The summed E-state index contributed by atoms with van der Waals surface area (Å²) in [5.41, 5.74) is 1.92. The highest BCUT2D eigenvalue weighted by molar-refractivity contribution is 5.84. The highest BCUT2D eigenvalue weighted by Gasteiger charge is 2.34. The highest BCUT2D eigenvalue weighted by atomic mass is 16.5. The molecule has 0 aliphatic carbocycles. The van der Waals surface area contributed by atoms with Crippen LogP contribution in [0.25, 0.3) is 22.3 Å². The third kappa shape index (κ3) is 2.16. The molecule has 1 aliphatic rings. The number of rotatable bonds is 2. The van der Waals surface area contributed by atoms with E-state index in [1.165, 1.54) is 0 Å². The molecule has 0 spiro atoms. The van der Waals surface area contributed by atoms with Crippen LogP contribution in [0.3, 0.4) is 0 Å². The maximum Gasteiger partial charge on any atom is 0.193 e. The van der Waals surface area contributed by atoms with E-state index >= 15 is 0 Å². The Balaban J connectivity index is 1.98. The van der Waals surface area contributed by atoms with Crippen molar-refractivity contribution in [2.45, 2.75) is 18.9 Å². The van der Waals surface area contributed by atoms with Crippen molar-refractivity contribution in [2.24, 2.45) is 0 Å². The van der Waals surface area contributed by atoms with Gasteiger partial charge in [-0.05, 0) is 25.1 Å². The fourth-order valence-electron chi connectivity index (χ4n) is 3.02. The number of fused-ring (bicyclic) bond motifs is 3. The smallest absolute Gasteiger partial charge is 0.193 e. The van der Waals surface area contributed by atoms with E-state index in [4.69, 9.17) is 9.15 Å². The van der Waals surface area contributed by atoms with Crippen molar-refractivity contribution in [3.8, 4) is 17.1 Å². The van der Waals surface area contributed by atoms with Crippen molar-refractivity contribution < 1.29 is 9.15 Å². The van der Waals surface area contributed by atoms with Gasteiger partial charge in [-0.2, -0.15) is 0 Å². The summed E-state index contributed by atoms with van der Waals surface area (Å²) in [5.74, 6) is 1.33. The lowest BCUT2D eigenvalue weighted by molar-refractivity contribution is 0.171. The fourth-order valence-corrected chi connectivity index (χ4v) is 3.02. The third-order valence-electron chi connectivity index (χ3n) is 4.32.